The quantitative estimate of drug-likeness (QED) is 0.663. The molecule has 0 unspecified atom stereocenters. The lowest BCUT2D eigenvalue weighted by Gasteiger charge is -2.45. The highest BCUT2D eigenvalue weighted by Gasteiger charge is 2.52. The van der Waals surface area contributed by atoms with Crippen molar-refractivity contribution in [1.29, 1.82) is 0 Å². The van der Waals surface area contributed by atoms with Gasteiger partial charge in [-0.2, -0.15) is 0 Å². The van der Waals surface area contributed by atoms with Crippen LogP contribution in [0.5, 0.6) is 0 Å². The van der Waals surface area contributed by atoms with E-state index in [4.69, 9.17) is 4.74 Å². The van der Waals surface area contributed by atoms with Crippen LogP contribution in [0.4, 0.5) is 0 Å². The van der Waals surface area contributed by atoms with Crippen molar-refractivity contribution >= 4 is 12.4 Å². The summed E-state index contributed by atoms with van der Waals surface area (Å²) >= 11 is 0. The molecule has 0 aromatic rings. The second kappa shape index (κ2) is 3.39. The molecule has 0 amide bonds. The Kier molecular flexibility index (Phi) is 2.53. The van der Waals surface area contributed by atoms with Crippen LogP contribution in [-0.4, -0.2) is 49.3 Å². The van der Waals surface area contributed by atoms with Gasteiger partial charge in [-0.25, -0.2) is 0 Å². The minimum absolute atomic E-state index is 0. The Balaban J connectivity index is 0.000000653. The molecule has 0 bridgehead atoms. The lowest BCUT2D eigenvalue weighted by Crippen LogP contribution is -2.63. The van der Waals surface area contributed by atoms with Gasteiger partial charge in [-0.3, -0.25) is 4.90 Å². The van der Waals surface area contributed by atoms with Crippen molar-refractivity contribution in [3.8, 4) is 0 Å². The van der Waals surface area contributed by atoms with Crippen molar-refractivity contribution in [3.05, 3.63) is 0 Å². The summed E-state index contributed by atoms with van der Waals surface area (Å²) in [6.07, 6.45) is 2.73. The first kappa shape index (κ1) is 9.71. The van der Waals surface area contributed by atoms with Gasteiger partial charge in [-0.05, 0) is 12.8 Å². The molecule has 3 fully saturated rings. The summed E-state index contributed by atoms with van der Waals surface area (Å²) in [7, 11) is 0. The summed E-state index contributed by atoms with van der Waals surface area (Å²) < 4.78 is 5.53. The van der Waals surface area contributed by atoms with Crippen molar-refractivity contribution in [3.63, 3.8) is 0 Å². The van der Waals surface area contributed by atoms with Crippen LogP contribution < -0.4 is 5.32 Å². The Morgan fingerprint density at radius 2 is 2.08 bits per heavy atom. The van der Waals surface area contributed by atoms with Gasteiger partial charge < -0.3 is 10.1 Å². The largest absolute Gasteiger partial charge is 0.378 e. The number of rotatable bonds is 1. The minimum Gasteiger partial charge on any atom is -0.378 e. The maximum Gasteiger partial charge on any atom is 0.0651 e. The highest BCUT2D eigenvalue weighted by atomic mass is 35.5. The molecule has 3 nitrogen and oxygen atoms in total. The van der Waals surface area contributed by atoms with E-state index in [1.54, 1.807) is 0 Å². The van der Waals surface area contributed by atoms with Gasteiger partial charge in [-0.15, -0.1) is 12.4 Å². The van der Waals surface area contributed by atoms with Gasteiger partial charge in [0.05, 0.1) is 13.2 Å². The van der Waals surface area contributed by atoms with Crippen LogP contribution in [0.1, 0.15) is 12.8 Å². The van der Waals surface area contributed by atoms with Crippen molar-refractivity contribution < 1.29 is 4.74 Å². The average molecular weight is 205 g/mol. The lowest BCUT2D eigenvalue weighted by atomic mass is 10.1. The topological polar surface area (TPSA) is 24.5 Å². The normalized spacial score (nSPS) is 32.3. The molecule has 4 heteroatoms. The SMILES string of the molecule is C1CN(C2CNC2)C2(CC2)CO1.Cl. The zero-order valence-electron chi connectivity index (χ0n) is 7.79. The highest BCUT2D eigenvalue weighted by Crippen LogP contribution is 2.44. The number of hydrogen-bond acceptors (Lipinski definition) is 3. The third kappa shape index (κ3) is 1.48. The molecular weight excluding hydrogens is 188 g/mol. The maximum absolute atomic E-state index is 5.53. The first-order valence-corrected chi connectivity index (χ1v) is 4.96. The summed E-state index contributed by atoms with van der Waals surface area (Å²) in [6.45, 7) is 5.48. The Bertz CT molecular complexity index is 192. The Morgan fingerprint density at radius 3 is 2.62 bits per heavy atom. The average Bonchev–Trinajstić information content (AvgIpc) is 2.72. The number of nitrogens with one attached hydrogen (secondary N) is 1. The first-order chi connectivity index (χ1) is 5.91. The number of hydrogen-bond donors (Lipinski definition) is 1. The molecule has 0 aromatic heterocycles. The molecule has 1 N–H and O–H groups in total. The molecule has 2 saturated heterocycles. The fourth-order valence-electron chi connectivity index (χ4n) is 2.38. The molecule has 1 saturated carbocycles. The van der Waals surface area contributed by atoms with E-state index in [0.29, 0.717) is 5.54 Å². The van der Waals surface area contributed by atoms with Crippen LogP contribution in [0.15, 0.2) is 0 Å². The number of morpholine rings is 1. The van der Waals surface area contributed by atoms with Crippen LogP contribution in [0.3, 0.4) is 0 Å². The lowest BCUT2D eigenvalue weighted by molar-refractivity contribution is -0.0518. The molecule has 0 radical (unpaired) electrons. The fourth-order valence-corrected chi connectivity index (χ4v) is 2.38. The van der Waals surface area contributed by atoms with E-state index in [9.17, 15) is 0 Å². The molecule has 2 heterocycles. The van der Waals surface area contributed by atoms with E-state index in [0.717, 1.165) is 25.8 Å². The van der Waals surface area contributed by atoms with Crippen molar-refractivity contribution in [2.75, 3.05) is 32.8 Å². The third-order valence-corrected chi connectivity index (χ3v) is 3.48. The van der Waals surface area contributed by atoms with Crippen molar-refractivity contribution in [1.82, 2.24) is 10.2 Å². The van der Waals surface area contributed by atoms with E-state index >= 15 is 0 Å². The standard InChI is InChI=1S/C9H16N2O.ClH/c1-2-9(1)7-12-4-3-11(9)8-5-10-6-8;/h8,10H,1-7H2;1H. The predicted molar refractivity (Wildman–Crippen MR) is 53.4 cm³/mol. The first-order valence-electron chi connectivity index (χ1n) is 4.96. The summed E-state index contributed by atoms with van der Waals surface area (Å²) in [5, 5.41) is 3.34. The maximum atomic E-state index is 5.53. The molecular formula is C9H17ClN2O. The van der Waals surface area contributed by atoms with E-state index in [2.05, 4.69) is 10.2 Å². The van der Waals surface area contributed by atoms with E-state index in [1.807, 2.05) is 0 Å². The fraction of sp³-hybridized carbons (Fsp3) is 1.00. The summed E-state index contributed by atoms with van der Waals surface area (Å²) in [6, 6.07) is 0.816. The van der Waals surface area contributed by atoms with Crippen molar-refractivity contribution in [2.24, 2.45) is 0 Å². The van der Waals surface area contributed by atoms with Gasteiger partial charge in [0.25, 0.3) is 0 Å². The van der Waals surface area contributed by atoms with E-state index in [1.165, 1.54) is 25.9 Å². The van der Waals surface area contributed by atoms with Gasteiger partial charge in [0.15, 0.2) is 0 Å². The molecule has 0 aromatic carbocycles. The molecule has 1 spiro atoms. The van der Waals surface area contributed by atoms with Gasteiger partial charge in [-0.1, -0.05) is 0 Å². The zero-order chi connectivity index (χ0) is 8.02. The highest BCUT2D eigenvalue weighted by molar-refractivity contribution is 5.85. The Hall–Kier alpha value is 0.170. The predicted octanol–water partition coefficient (Wildman–Crippen LogP) is 0.245. The zero-order valence-corrected chi connectivity index (χ0v) is 8.61. The van der Waals surface area contributed by atoms with Gasteiger partial charge >= 0.3 is 0 Å². The van der Waals surface area contributed by atoms with Crippen LogP contribution in [-0.2, 0) is 4.74 Å². The second-order valence-electron chi connectivity index (χ2n) is 4.28. The minimum atomic E-state index is 0. The Labute approximate surface area is 85.2 Å². The summed E-state index contributed by atoms with van der Waals surface area (Å²) in [4.78, 5) is 2.69. The summed E-state index contributed by atoms with van der Waals surface area (Å²) in [5.41, 5.74) is 0.491. The third-order valence-electron chi connectivity index (χ3n) is 3.48. The second-order valence-corrected chi connectivity index (χ2v) is 4.28. The number of halogens is 1. The molecule has 3 aliphatic rings. The summed E-state index contributed by atoms with van der Waals surface area (Å²) in [5.74, 6) is 0. The number of nitrogens with zero attached hydrogens (tertiary/aromatic N) is 1. The van der Waals surface area contributed by atoms with Crippen LogP contribution in [0.2, 0.25) is 0 Å². The number of ether oxygens (including phenoxy) is 1. The molecule has 3 rings (SSSR count). The van der Waals surface area contributed by atoms with E-state index < -0.39 is 0 Å². The monoisotopic (exact) mass is 204 g/mol. The van der Waals surface area contributed by atoms with Crippen LogP contribution >= 0.6 is 12.4 Å². The van der Waals surface area contributed by atoms with Gasteiger partial charge in [0.1, 0.15) is 0 Å². The van der Waals surface area contributed by atoms with E-state index in [-0.39, 0.29) is 12.4 Å². The van der Waals surface area contributed by atoms with Gasteiger partial charge in [0.2, 0.25) is 0 Å². The molecule has 13 heavy (non-hydrogen) atoms. The molecule has 2 aliphatic heterocycles. The smallest absolute Gasteiger partial charge is 0.0651 e. The molecule has 76 valence electrons. The van der Waals surface area contributed by atoms with Gasteiger partial charge in [0, 0.05) is 31.2 Å². The molecule has 0 atom stereocenters. The van der Waals surface area contributed by atoms with Crippen LogP contribution in [0.25, 0.3) is 0 Å². The Morgan fingerprint density at radius 1 is 1.31 bits per heavy atom. The van der Waals surface area contributed by atoms with Crippen LogP contribution in [0, 0.1) is 0 Å². The van der Waals surface area contributed by atoms with Crippen molar-refractivity contribution in [2.45, 2.75) is 24.4 Å². The molecule has 1 aliphatic carbocycles.